The summed E-state index contributed by atoms with van der Waals surface area (Å²) in [7, 11) is 1.34. The van der Waals surface area contributed by atoms with Crippen LogP contribution in [0.15, 0.2) is 23.4 Å². The van der Waals surface area contributed by atoms with Crippen molar-refractivity contribution in [2.45, 2.75) is 37.8 Å². The van der Waals surface area contributed by atoms with Crippen LogP contribution < -0.4 is 0 Å². The average molecular weight is 368 g/mol. The van der Waals surface area contributed by atoms with E-state index >= 15 is 0 Å². The van der Waals surface area contributed by atoms with Gasteiger partial charge in [0.1, 0.15) is 6.33 Å². The molecule has 2 rings (SSSR count). The van der Waals surface area contributed by atoms with Gasteiger partial charge in [0.25, 0.3) is 14.9 Å². The topological polar surface area (TPSA) is 64.8 Å². The zero-order valence-corrected chi connectivity index (χ0v) is 14.0. The molecule has 0 amide bonds. The van der Waals surface area contributed by atoms with Crippen molar-refractivity contribution in [1.29, 1.82) is 0 Å². The molecule has 126 valence electrons. The summed E-state index contributed by atoms with van der Waals surface area (Å²) >= 11 is 0. The molecule has 1 aromatic carbocycles. The molecule has 0 aliphatic carbocycles. The van der Waals surface area contributed by atoms with E-state index in [2.05, 4.69) is 10.1 Å². The number of alkyl halides is 3. The van der Waals surface area contributed by atoms with Crippen molar-refractivity contribution in [2.24, 2.45) is 0 Å². The highest BCUT2D eigenvalue weighted by Gasteiger charge is 2.36. The van der Waals surface area contributed by atoms with E-state index < -0.39 is 21.1 Å². The first-order chi connectivity index (χ1) is 10.4. The number of aryl methyl sites for hydroxylation is 1. The Balaban J connectivity index is 2.71. The molecule has 10 heteroatoms. The maximum atomic E-state index is 12.7. The lowest BCUT2D eigenvalue weighted by Gasteiger charge is -2.15. The average Bonchev–Trinajstić information content (AvgIpc) is 2.86. The molecule has 1 heterocycles. The fourth-order valence-electron chi connectivity index (χ4n) is 2.13. The predicted molar refractivity (Wildman–Crippen MR) is 78.2 cm³/mol. The summed E-state index contributed by atoms with van der Waals surface area (Å²) in [5, 5.41) is 3.39. The molecule has 0 aliphatic heterocycles. The maximum absolute atomic E-state index is 12.7. The number of halogens is 4. The van der Waals surface area contributed by atoms with Gasteiger partial charge in [-0.05, 0) is 30.0 Å². The summed E-state index contributed by atoms with van der Waals surface area (Å²) < 4.78 is 62.1. The van der Waals surface area contributed by atoms with Crippen LogP contribution in [0.4, 0.5) is 13.2 Å². The maximum Gasteiger partial charge on any atom is 0.453 e. The van der Waals surface area contributed by atoms with E-state index in [0.29, 0.717) is 11.1 Å². The Morgan fingerprint density at radius 1 is 1.26 bits per heavy atom. The van der Waals surface area contributed by atoms with Gasteiger partial charge in [-0.1, -0.05) is 19.9 Å². The summed E-state index contributed by atoms with van der Waals surface area (Å²) in [6.45, 7) is 5.22. The van der Waals surface area contributed by atoms with Crippen molar-refractivity contribution >= 4 is 19.7 Å². The van der Waals surface area contributed by atoms with Crippen molar-refractivity contribution in [2.75, 3.05) is 0 Å². The minimum Gasteiger partial charge on any atom is -0.220 e. The second-order valence-electron chi connectivity index (χ2n) is 5.28. The molecule has 0 fully saturated rings. The third kappa shape index (κ3) is 3.66. The van der Waals surface area contributed by atoms with E-state index in [9.17, 15) is 21.6 Å². The fraction of sp³-hybridized carbons (Fsp3) is 0.385. The van der Waals surface area contributed by atoms with Crippen molar-refractivity contribution < 1.29 is 21.6 Å². The van der Waals surface area contributed by atoms with Crippen LogP contribution in [0.2, 0.25) is 0 Å². The molecule has 0 radical (unpaired) electrons. The van der Waals surface area contributed by atoms with Crippen molar-refractivity contribution in [1.82, 2.24) is 14.8 Å². The van der Waals surface area contributed by atoms with Gasteiger partial charge in [0.2, 0.25) is 0 Å². The minimum absolute atomic E-state index is 0.0747. The van der Waals surface area contributed by atoms with Crippen molar-refractivity contribution in [3.8, 4) is 5.69 Å². The molecule has 0 saturated heterocycles. The lowest BCUT2D eigenvalue weighted by molar-refractivity contribution is -0.144. The summed E-state index contributed by atoms with van der Waals surface area (Å²) in [5.41, 5.74) is 1.22. The summed E-state index contributed by atoms with van der Waals surface area (Å²) in [6, 6.07) is 2.78. The lowest BCUT2D eigenvalue weighted by Crippen LogP contribution is -2.10. The molecule has 0 bridgehead atoms. The Morgan fingerprint density at radius 3 is 2.30 bits per heavy atom. The largest absolute Gasteiger partial charge is 0.453 e. The fourth-order valence-corrected chi connectivity index (χ4v) is 3.33. The number of hydrogen-bond acceptors (Lipinski definition) is 4. The van der Waals surface area contributed by atoms with Crippen LogP contribution in [0.1, 0.15) is 36.7 Å². The highest BCUT2D eigenvalue weighted by molar-refractivity contribution is 8.13. The van der Waals surface area contributed by atoms with Gasteiger partial charge >= 0.3 is 6.18 Å². The normalized spacial score (nSPS) is 12.9. The standard InChI is InChI=1S/C13H13ClF3N3O2S/c1-7(2)9-4-8(3)11(23(14,21)22)5-10(9)20-6-18-12(19-20)13(15,16)17/h4-7H,1-3H3. The molecule has 0 unspecified atom stereocenters. The number of benzene rings is 1. The van der Waals surface area contributed by atoms with Crippen LogP contribution in [-0.4, -0.2) is 23.2 Å². The number of hydrogen-bond donors (Lipinski definition) is 0. The van der Waals surface area contributed by atoms with Crippen molar-refractivity contribution in [3.63, 3.8) is 0 Å². The Morgan fingerprint density at radius 2 is 1.87 bits per heavy atom. The summed E-state index contributed by atoms with van der Waals surface area (Å²) in [6.07, 6.45) is -3.79. The molecule has 1 aromatic heterocycles. The van der Waals surface area contributed by atoms with Crippen LogP contribution in [0.5, 0.6) is 0 Å². The molecule has 0 saturated carbocycles. The molecule has 23 heavy (non-hydrogen) atoms. The Labute approximate surface area is 135 Å². The Kier molecular flexibility index (Phi) is 4.46. The first-order valence-electron chi connectivity index (χ1n) is 6.49. The highest BCUT2D eigenvalue weighted by Crippen LogP contribution is 2.31. The molecule has 2 aromatic rings. The van der Waals surface area contributed by atoms with Crippen LogP contribution in [0.3, 0.4) is 0 Å². The van der Waals surface area contributed by atoms with E-state index in [0.717, 1.165) is 11.0 Å². The van der Waals surface area contributed by atoms with Gasteiger partial charge in [-0.15, -0.1) is 5.10 Å². The molecular formula is C13H13ClF3N3O2S. The van der Waals surface area contributed by atoms with Crippen LogP contribution >= 0.6 is 10.7 Å². The van der Waals surface area contributed by atoms with Gasteiger partial charge in [-0.2, -0.15) is 13.2 Å². The SMILES string of the molecule is Cc1cc(C(C)C)c(-n2cnc(C(F)(F)F)n2)cc1S(=O)(=O)Cl. The van der Waals surface area contributed by atoms with Gasteiger partial charge < -0.3 is 0 Å². The highest BCUT2D eigenvalue weighted by atomic mass is 35.7. The zero-order chi connectivity index (χ0) is 17.6. The molecule has 0 aliphatic rings. The minimum atomic E-state index is -4.69. The van der Waals surface area contributed by atoms with E-state index in [1.54, 1.807) is 13.0 Å². The van der Waals surface area contributed by atoms with E-state index in [-0.39, 0.29) is 16.5 Å². The van der Waals surface area contributed by atoms with Gasteiger partial charge in [0, 0.05) is 10.7 Å². The summed E-state index contributed by atoms with van der Waals surface area (Å²) in [4.78, 5) is 3.04. The van der Waals surface area contributed by atoms with Gasteiger partial charge in [-0.25, -0.2) is 18.1 Å². The quantitative estimate of drug-likeness (QED) is 0.777. The number of aromatic nitrogens is 3. The van der Waals surface area contributed by atoms with Gasteiger partial charge in [0.05, 0.1) is 10.6 Å². The lowest BCUT2D eigenvalue weighted by atomic mass is 9.99. The Hall–Kier alpha value is -1.61. The second-order valence-corrected chi connectivity index (χ2v) is 7.81. The first kappa shape index (κ1) is 17.7. The third-order valence-corrected chi connectivity index (χ3v) is 4.67. The van der Waals surface area contributed by atoms with E-state index in [1.165, 1.54) is 6.07 Å². The zero-order valence-electron chi connectivity index (χ0n) is 12.4. The molecule has 0 spiro atoms. The van der Waals surface area contributed by atoms with Crippen LogP contribution in [0, 0.1) is 6.92 Å². The summed E-state index contributed by atoms with van der Waals surface area (Å²) in [5.74, 6) is -1.38. The number of rotatable bonds is 3. The molecular weight excluding hydrogens is 355 g/mol. The second kappa shape index (κ2) is 5.79. The predicted octanol–water partition coefficient (Wildman–Crippen LogP) is 3.65. The monoisotopic (exact) mass is 367 g/mol. The van der Waals surface area contributed by atoms with E-state index in [4.69, 9.17) is 10.7 Å². The third-order valence-electron chi connectivity index (χ3n) is 3.20. The molecule has 0 atom stereocenters. The van der Waals surface area contributed by atoms with E-state index in [1.807, 2.05) is 13.8 Å². The smallest absolute Gasteiger partial charge is 0.220 e. The number of nitrogens with zero attached hydrogens (tertiary/aromatic N) is 3. The molecule has 5 nitrogen and oxygen atoms in total. The van der Waals surface area contributed by atoms with Crippen LogP contribution in [0.25, 0.3) is 5.69 Å². The first-order valence-corrected chi connectivity index (χ1v) is 8.80. The van der Waals surface area contributed by atoms with Gasteiger partial charge in [-0.3, -0.25) is 0 Å². The molecule has 0 N–H and O–H groups in total. The van der Waals surface area contributed by atoms with Gasteiger partial charge in [0.15, 0.2) is 0 Å². The van der Waals surface area contributed by atoms with Crippen molar-refractivity contribution in [3.05, 3.63) is 35.4 Å². The Bertz CT molecular complexity index is 845. The van der Waals surface area contributed by atoms with Crippen LogP contribution in [-0.2, 0) is 15.2 Å².